The standard InChI is InChI=1S/C14H25N3O2/c1-12(11-19-4)17(8-9-18-3)10-13-6-5-7-14(15-2)16-13/h5-7,12H,8-11H2,1-4H3,(H,15,16). The van der Waals surface area contributed by atoms with Crippen molar-refractivity contribution >= 4 is 5.82 Å². The Kier molecular flexibility index (Phi) is 7.40. The van der Waals surface area contributed by atoms with Gasteiger partial charge in [0.25, 0.3) is 0 Å². The second-order valence-electron chi connectivity index (χ2n) is 4.53. The van der Waals surface area contributed by atoms with Crippen LogP contribution in [0.1, 0.15) is 12.6 Å². The monoisotopic (exact) mass is 267 g/mol. The number of anilines is 1. The van der Waals surface area contributed by atoms with E-state index in [9.17, 15) is 0 Å². The molecule has 1 heterocycles. The van der Waals surface area contributed by atoms with Crippen molar-refractivity contribution in [3.05, 3.63) is 23.9 Å². The number of aromatic nitrogens is 1. The lowest BCUT2D eigenvalue weighted by atomic mass is 10.2. The largest absolute Gasteiger partial charge is 0.383 e. The highest BCUT2D eigenvalue weighted by atomic mass is 16.5. The zero-order valence-electron chi connectivity index (χ0n) is 12.3. The summed E-state index contributed by atoms with van der Waals surface area (Å²) in [5, 5.41) is 3.06. The Labute approximate surface area is 115 Å². The predicted molar refractivity (Wildman–Crippen MR) is 77.4 cm³/mol. The fraction of sp³-hybridized carbons (Fsp3) is 0.643. The van der Waals surface area contributed by atoms with Gasteiger partial charge in [-0.1, -0.05) is 6.07 Å². The van der Waals surface area contributed by atoms with Gasteiger partial charge in [-0.15, -0.1) is 0 Å². The van der Waals surface area contributed by atoms with Crippen molar-refractivity contribution in [3.8, 4) is 0 Å². The van der Waals surface area contributed by atoms with Gasteiger partial charge < -0.3 is 14.8 Å². The maximum atomic E-state index is 5.23. The van der Waals surface area contributed by atoms with E-state index in [1.807, 2.05) is 25.2 Å². The summed E-state index contributed by atoms with van der Waals surface area (Å²) < 4.78 is 10.4. The van der Waals surface area contributed by atoms with Crippen LogP contribution in [0.25, 0.3) is 0 Å². The number of hydrogen-bond donors (Lipinski definition) is 1. The molecule has 0 saturated heterocycles. The van der Waals surface area contributed by atoms with E-state index in [-0.39, 0.29) is 0 Å². The quantitative estimate of drug-likeness (QED) is 0.736. The Bertz CT molecular complexity index is 360. The van der Waals surface area contributed by atoms with Crippen LogP contribution in [0.5, 0.6) is 0 Å². The first-order valence-electron chi connectivity index (χ1n) is 6.56. The van der Waals surface area contributed by atoms with Crippen molar-refractivity contribution in [2.75, 3.05) is 46.3 Å². The van der Waals surface area contributed by atoms with Crippen molar-refractivity contribution in [1.29, 1.82) is 0 Å². The van der Waals surface area contributed by atoms with Crippen LogP contribution in [-0.4, -0.2) is 57.0 Å². The molecule has 5 nitrogen and oxygen atoms in total. The molecule has 0 spiro atoms. The molecule has 0 aliphatic carbocycles. The fourth-order valence-corrected chi connectivity index (χ4v) is 1.93. The molecule has 0 bridgehead atoms. The van der Waals surface area contributed by atoms with Crippen LogP contribution in [0, 0.1) is 0 Å². The Balaban J connectivity index is 2.68. The van der Waals surface area contributed by atoms with E-state index in [4.69, 9.17) is 9.47 Å². The van der Waals surface area contributed by atoms with Crippen molar-refractivity contribution in [2.24, 2.45) is 0 Å². The zero-order valence-corrected chi connectivity index (χ0v) is 12.3. The number of rotatable bonds is 9. The van der Waals surface area contributed by atoms with Gasteiger partial charge in [0.15, 0.2) is 0 Å². The molecule has 0 radical (unpaired) electrons. The summed E-state index contributed by atoms with van der Waals surface area (Å²) in [6, 6.07) is 6.35. The first kappa shape index (κ1) is 15.9. The minimum absolute atomic E-state index is 0.334. The van der Waals surface area contributed by atoms with Crippen LogP contribution in [0.15, 0.2) is 18.2 Å². The molecule has 1 aromatic rings. The number of ether oxygens (including phenoxy) is 2. The summed E-state index contributed by atoms with van der Waals surface area (Å²) in [6.07, 6.45) is 0. The van der Waals surface area contributed by atoms with E-state index in [1.54, 1.807) is 14.2 Å². The van der Waals surface area contributed by atoms with E-state index >= 15 is 0 Å². The van der Waals surface area contributed by atoms with E-state index in [0.29, 0.717) is 19.3 Å². The summed E-state index contributed by atoms with van der Waals surface area (Å²) in [5.41, 5.74) is 1.05. The summed E-state index contributed by atoms with van der Waals surface area (Å²) >= 11 is 0. The molecule has 108 valence electrons. The highest BCUT2D eigenvalue weighted by Gasteiger charge is 2.14. The Morgan fingerprint density at radius 1 is 1.32 bits per heavy atom. The smallest absolute Gasteiger partial charge is 0.126 e. The molecule has 1 aromatic heterocycles. The molecule has 0 aromatic carbocycles. The topological polar surface area (TPSA) is 46.6 Å². The van der Waals surface area contributed by atoms with Crippen molar-refractivity contribution in [2.45, 2.75) is 19.5 Å². The third-order valence-corrected chi connectivity index (χ3v) is 3.04. The van der Waals surface area contributed by atoms with E-state index in [0.717, 1.165) is 24.6 Å². The minimum Gasteiger partial charge on any atom is -0.383 e. The zero-order chi connectivity index (χ0) is 14.1. The van der Waals surface area contributed by atoms with E-state index < -0.39 is 0 Å². The molecule has 0 fully saturated rings. The lowest BCUT2D eigenvalue weighted by Crippen LogP contribution is -2.38. The maximum absolute atomic E-state index is 5.23. The summed E-state index contributed by atoms with van der Waals surface area (Å²) in [7, 11) is 5.33. The van der Waals surface area contributed by atoms with Crippen LogP contribution in [-0.2, 0) is 16.0 Å². The van der Waals surface area contributed by atoms with Gasteiger partial charge in [0.1, 0.15) is 5.82 Å². The molecule has 5 heteroatoms. The molecular formula is C14H25N3O2. The third kappa shape index (κ3) is 5.55. The first-order valence-corrected chi connectivity index (χ1v) is 6.56. The molecular weight excluding hydrogens is 242 g/mol. The first-order chi connectivity index (χ1) is 9.21. The van der Waals surface area contributed by atoms with Gasteiger partial charge in [-0.2, -0.15) is 0 Å². The van der Waals surface area contributed by atoms with Crippen LogP contribution < -0.4 is 5.32 Å². The van der Waals surface area contributed by atoms with E-state index in [2.05, 4.69) is 22.1 Å². The number of methoxy groups -OCH3 is 2. The van der Waals surface area contributed by atoms with Gasteiger partial charge in [-0.3, -0.25) is 4.90 Å². The van der Waals surface area contributed by atoms with Gasteiger partial charge in [0.05, 0.1) is 18.9 Å². The van der Waals surface area contributed by atoms with Crippen LogP contribution in [0.2, 0.25) is 0 Å². The van der Waals surface area contributed by atoms with Crippen molar-refractivity contribution in [3.63, 3.8) is 0 Å². The highest BCUT2D eigenvalue weighted by Crippen LogP contribution is 2.09. The lowest BCUT2D eigenvalue weighted by Gasteiger charge is -2.28. The molecule has 0 saturated carbocycles. The second kappa shape index (κ2) is 8.85. The molecule has 1 unspecified atom stereocenters. The minimum atomic E-state index is 0.334. The number of pyridine rings is 1. The third-order valence-electron chi connectivity index (χ3n) is 3.04. The average molecular weight is 267 g/mol. The molecule has 1 atom stereocenters. The average Bonchev–Trinajstić information content (AvgIpc) is 2.43. The number of nitrogens with one attached hydrogen (secondary N) is 1. The molecule has 1 N–H and O–H groups in total. The van der Waals surface area contributed by atoms with Crippen LogP contribution in [0.3, 0.4) is 0 Å². The Hall–Kier alpha value is -1.17. The van der Waals surface area contributed by atoms with Gasteiger partial charge in [-0.05, 0) is 19.1 Å². The fourth-order valence-electron chi connectivity index (χ4n) is 1.93. The van der Waals surface area contributed by atoms with E-state index in [1.165, 1.54) is 0 Å². The van der Waals surface area contributed by atoms with Gasteiger partial charge >= 0.3 is 0 Å². The summed E-state index contributed by atoms with van der Waals surface area (Å²) in [4.78, 5) is 6.86. The van der Waals surface area contributed by atoms with Crippen molar-refractivity contribution < 1.29 is 9.47 Å². The van der Waals surface area contributed by atoms with Gasteiger partial charge in [0.2, 0.25) is 0 Å². The highest BCUT2D eigenvalue weighted by molar-refractivity contribution is 5.34. The molecule has 19 heavy (non-hydrogen) atoms. The molecule has 0 amide bonds. The predicted octanol–water partition coefficient (Wildman–Crippen LogP) is 1.61. The van der Waals surface area contributed by atoms with Crippen molar-refractivity contribution in [1.82, 2.24) is 9.88 Å². The van der Waals surface area contributed by atoms with Crippen LogP contribution >= 0.6 is 0 Å². The van der Waals surface area contributed by atoms with Gasteiger partial charge in [-0.25, -0.2) is 4.98 Å². The number of hydrogen-bond acceptors (Lipinski definition) is 5. The molecule has 0 aliphatic rings. The Morgan fingerprint density at radius 2 is 2.11 bits per heavy atom. The Morgan fingerprint density at radius 3 is 2.74 bits per heavy atom. The molecule has 0 aliphatic heterocycles. The SMILES string of the molecule is CNc1cccc(CN(CCOC)C(C)COC)n1. The normalized spacial score (nSPS) is 12.7. The van der Waals surface area contributed by atoms with Gasteiger partial charge in [0, 0.05) is 40.4 Å². The summed E-state index contributed by atoms with van der Waals surface area (Å²) in [5.74, 6) is 0.892. The number of nitrogens with zero attached hydrogens (tertiary/aromatic N) is 2. The summed E-state index contributed by atoms with van der Waals surface area (Å²) in [6.45, 7) is 5.23. The maximum Gasteiger partial charge on any atom is 0.126 e. The van der Waals surface area contributed by atoms with Crippen LogP contribution in [0.4, 0.5) is 5.82 Å². The lowest BCUT2D eigenvalue weighted by molar-refractivity contribution is 0.0698. The second-order valence-corrected chi connectivity index (χ2v) is 4.53. The molecule has 1 rings (SSSR count).